The average molecular weight is 372 g/mol. The molecule has 1 aliphatic rings. The van der Waals surface area contributed by atoms with Crippen LogP contribution >= 0.6 is 12.4 Å². The smallest absolute Gasteiger partial charge is 0.317 e. The fourth-order valence-electron chi connectivity index (χ4n) is 3.03. The third-order valence-electron chi connectivity index (χ3n) is 4.32. The Bertz CT molecular complexity index is 542. The Labute approximate surface area is 155 Å². The number of benzene rings is 1. The van der Waals surface area contributed by atoms with Crippen LogP contribution in [0.4, 0.5) is 14.9 Å². The van der Waals surface area contributed by atoms with Crippen LogP contribution in [0.3, 0.4) is 0 Å². The van der Waals surface area contributed by atoms with Gasteiger partial charge in [0.1, 0.15) is 12.1 Å². The van der Waals surface area contributed by atoms with Gasteiger partial charge >= 0.3 is 6.03 Å². The molecule has 1 saturated heterocycles. The van der Waals surface area contributed by atoms with Crippen molar-refractivity contribution in [3.8, 4) is 0 Å². The van der Waals surface area contributed by atoms with Crippen LogP contribution < -0.4 is 10.2 Å². The van der Waals surface area contributed by atoms with E-state index >= 15 is 0 Å². The monoisotopic (exact) mass is 371 g/mol. The summed E-state index contributed by atoms with van der Waals surface area (Å²) in [6.45, 7) is 4.73. The van der Waals surface area contributed by atoms with Crippen molar-refractivity contribution in [3.05, 3.63) is 30.1 Å². The number of anilines is 1. The van der Waals surface area contributed by atoms with Gasteiger partial charge in [-0.3, -0.25) is 0 Å². The summed E-state index contributed by atoms with van der Waals surface area (Å²) in [4.78, 5) is 27.0. The maximum atomic E-state index is 13.1. The number of carbonyl (C=O) groups excluding carboxylic acids is 2. The molecule has 1 heterocycles. The van der Waals surface area contributed by atoms with Gasteiger partial charge in [-0.15, -0.1) is 12.4 Å². The van der Waals surface area contributed by atoms with Crippen LogP contribution in [0, 0.1) is 5.82 Å². The van der Waals surface area contributed by atoms with Crippen molar-refractivity contribution in [2.75, 3.05) is 31.1 Å². The number of hydrogen-bond donors (Lipinski definition) is 1. The number of rotatable bonds is 7. The summed E-state index contributed by atoms with van der Waals surface area (Å²) in [5.74, 6) is -0.251. The van der Waals surface area contributed by atoms with Crippen LogP contribution in [0.5, 0.6) is 0 Å². The van der Waals surface area contributed by atoms with Crippen molar-refractivity contribution in [3.63, 3.8) is 0 Å². The van der Waals surface area contributed by atoms with Gasteiger partial charge < -0.3 is 19.9 Å². The second kappa shape index (κ2) is 10.9. The van der Waals surface area contributed by atoms with Crippen LogP contribution in [0.2, 0.25) is 0 Å². The van der Waals surface area contributed by atoms with Gasteiger partial charge in [-0.05, 0) is 43.5 Å². The maximum absolute atomic E-state index is 13.1. The normalized spacial score (nSPS) is 17.0. The lowest BCUT2D eigenvalue weighted by Gasteiger charge is -2.42. The predicted molar refractivity (Wildman–Crippen MR) is 100.0 cm³/mol. The van der Waals surface area contributed by atoms with E-state index in [1.807, 2.05) is 11.8 Å². The van der Waals surface area contributed by atoms with Gasteiger partial charge in [0, 0.05) is 38.3 Å². The zero-order valence-corrected chi connectivity index (χ0v) is 15.4. The van der Waals surface area contributed by atoms with E-state index in [-0.39, 0.29) is 30.3 Å². The fourth-order valence-corrected chi connectivity index (χ4v) is 3.03. The standard InChI is InChI=1S/C18H26FN3O2.ClH/c1-2-10-20-18(24)22-12-11-21(14-17(22)5-3-4-13-23)16-8-6-15(19)7-9-16;/h6-9,13,17H,2-5,10-12,14H2,1H3,(H,20,24);1H. The molecule has 2 rings (SSSR count). The van der Waals surface area contributed by atoms with Crippen molar-refractivity contribution in [2.45, 2.75) is 38.6 Å². The Morgan fingerprint density at radius 1 is 1.32 bits per heavy atom. The first-order chi connectivity index (χ1) is 11.7. The number of aldehydes is 1. The highest BCUT2D eigenvalue weighted by molar-refractivity contribution is 5.85. The molecular formula is C18H27ClFN3O2. The molecule has 0 saturated carbocycles. The van der Waals surface area contributed by atoms with Gasteiger partial charge in [-0.2, -0.15) is 0 Å². The minimum absolute atomic E-state index is 0. The lowest BCUT2D eigenvalue weighted by molar-refractivity contribution is -0.108. The van der Waals surface area contributed by atoms with Crippen molar-refractivity contribution >= 4 is 30.4 Å². The largest absolute Gasteiger partial charge is 0.368 e. The maximum Gasteiger partial charge on any atom is 0.317 e. The minimum atomic E-state index is -0.251. The van der Waals surface area contributed by atoms with Crippen LogP contribution in [-0.4, -0.2) is 49.4 Å². The number of unbranched alkanes of at least 4 members (excludes halogenated alkanes) is 1. The quantitative estimate of drug-likeness (QED) is 0.591. The third-order valence-corrected chi connectivity index (χ3v) is 4.32. The van der Waals surface area contributed by atoms with E-state index in [1.165, 1.54) is 12.1 Å². The highest BCUT2D eigenvalue weighted by Gasteiger charge is 2.30. The number of amides is 2. The molecule has 1 atom stereocenters. The van der Waals surface area contributed by atoms with Crippen LogP contribution in [0.25, 0.3) is 0 Å². The molecule has 1 unspecified atom stereocenters. The van der Waals surface area contributed by atoms with Crippen LogP contribution in [0.15, 0.2) is 24.3 Å². The second-order valence-electron chi connectivity index (χ2n) is 6.10. The van der Waals surface area contributed by atoms with Gasteiger partial charge in [0.25, 0.3) is 0 Å². The molecule has 1 N–H and O–H groups in total. The van der Waals surface area contributed by atoms with E-state index in [1.54, 1.807) is 12.1 Å². The lowest BCUT2D eigenvalue weighted by atomic mass is 10.0. The Morgan fingerprint density at radius 3 is 2.68 bits per heavy atom. The van der Waals surface area contributed by atoms with E-state index in [9.17, 15) is 14.0 Å². The first kappa shape index (κ1) is 21.2. The topological polar surface area (TPSA) is 52.7 Å². The van der Waals surface area contributed by atoms with Crippen molar-refractivity contribution < 1.29 is 14.0 Å². The third kappa shape index (κ3) is 6.20. The number of hydrogen-bond acceptors (Lipinski definition) is 3. The number of carbonyl (C=O) groups is 2. The lowest BCUT2D eigenvalue weighted by Crippen LogP contribution is -2.57. The van der Waals surface area contributed by atoms with Crippen LogP contribution in [-0.2, 0) is 4.79 Å². The van der Waals surface area contributed by atoms with Gasteiger partial charge in [-0.25, -0.2) is 9.18 Å². The summed E-state index contributed by atoms with van der Waals surface area (Å²) in [5, 5.41) is 2.93. The Kier molecular flexibility index (Phi) is 9.27. The number of nitrogens with one attached hydrogen (secondary N) is 1. The summed E-state index contributed by atoms with van der Waals surface area (Å²) < 4.78 is 13.1. The van der Waals surface area contributed by atoms with Gasteiger partial charge in [0.15, 0.2) is 0 Å². The minimum Gasteiger partial charge on any atom is -0.368 e. The van der Waals surface area contributed by atoms with E-state index in [4.69, 9.17) is 0 Å². The fraction of sp³-hybridized carbons (Fsp3) is 0.556. The zero-order chi connectivity index (χ0) is 17.4. The number of halogens is 2. The van der Waals surface area contributed by atoms with E-state index in [2.05, 4.69) is 10.2 Å². The summed E-state index contributed by atoms with van der Waals surface area (Å²) in [6, 6.07) is 6.47. The summed E-state index contributed by atoms with van der Waals surface area (Å²) >= 11 is 0. The molecule has 1 aromatic rings. The Hall–Kier alpha value is -1.82. The van der Waals surface area contributed by atoms with E-state index in [0.29, 0.717) is 26.1 Å². The van der Waals surface area contributed by atoms with Gasteiger partial charge in [0.05, 0.1) is 6.04 Å². The molecule has 1 aliphatic heterocycles. The molecule has 0 spiro atoms. The average Bonchev–Trinajstić information content (AvgIpc) is 2.60. The van der Waals surface area contributed by atoms with E-state index in [0.717, 1.165) is 37.8 Å². The van der Waals surface area contributed by atoms with E-state index < -0.39 is 0 Å². The van der Waals surface area contributed by atoms with Gasteiger partial charge in [-0.1, -0.05) is 6.92 Å². The summed E-state index contributed by atoms with van der Waals surface area (Å²) in [6.07, 6.45) is 3.88. The summed E-state index contributed by atoms with van der Waals surface area (Å²) in [7, 11) is 0. The molecule has 0 aliphatic carbocycles. The molecule has 1 aromatic carbocycles. The predicted octanol–water partition coefficient (Wildman–Crippen LogP) is 3.23. The highest BCUT2D eigenvalue weighted by Crippen LogP contribution is 2.22. The highest BCUT2D eigenvalue weighted by atomic mass is 35.5. The first-order valence-corrected chi connectivity index (χ1v) is 8.64. The SMILES string of the molecule is CCCNC(=O)N1CCN(c2ccc(F)cc2)CC1CCCC=O.Cl. The number of nitrogens with zero attached hydrogens (tertiary/aromatic N) is 2. The molecule has 0 bridgehead atoms. The number of piperazine rings is 1. The molecule has 140 valence electrons. The molecular weight excluding hydrogens is 345 g/mol. The molecule has 2 amide bonds. The Morgan fingerprint density at radius 2 is 2.04 bits per heavy atom. The molecule has 25 heavy (non-hydrogen) atoms. The van der Waals surface area contributed by atoms with Crippen molar-refractivity contribution in [1.82, 2.24) is 10.2 Å². The van der Waals surface area contributed by atoms with Gasteiger partial charge in [0.2, 0.25) is 0 Å². The Balaban J connectivity index is 0.00000312. The van der Waals surface area contributed by atoms with Crippen molar-refractivity contribution in [2.24, 2.45) is 0 Å². The molecule has 1 fully saturated rings. The molecule has 0 aromatic heterocycles. The zero-order valence-electron chi connectivity index (χ0n) is 14.6. The molecule has 0 radical (unpaired) electrons. The van der Waals surface area contributed by atoms with Crippen LogP contribution in [0.1, 0.15) is 32.6 Å². The number of urea groups is 1. The second-order valence-corrected chi connectivity index (χ2v) is 6.10. The molecule has 5 nitrogen and oxygen atoms in total. The summed E-state index contributed by atoms with van der Waals surface area (Å²) in [5.41, 5.74) is 0.963. The van der Waals surface area contributed by atoms with Crippen molar-refractivity contribution in [1.29, 1.82) is 0 Å². The molecule has 7 heteroatoms. The first-order valence-electron chi connectivity index (χ1n) is 8.64.